The van der Waals surface area contributed by atoms with Gasteiger partial charge in [-0.15, -0.1) is 0 Å². The zero-order valence-corrected chi connectivity index (χ0v) is 12.6. The zero-order valence-electron chi connectivity index (χ0n) is 12.6. The Morgan fingerprint density at radius 1 is 1.24 bits per heavy atom. The van der Waals surface area contributed by atoms with Gasteiger partial charge in [0.1, 0.15) is 0 Å². The number of amides is 2. The van der Waals surface area contributed by atoms with E-state index in [1.807, 2.05) is 43.0 Å². The average molecular weight is 290 g/mol. The minimum atomic E-state index is -0.761. The number of hydrogen-bond acceptors (Lipinski definition) is 2. The first-order valence-corrected chi connectivity index (χ1v) is 7.38. The lowest BCUT2D eigenvalue weighted by molar-refractivity contribution is -0.137. The molecule has 1 N–H and O–H groups in total. The molecule has 0 bridgehead atoms. The minimum Gasteiger partial charge on any atom is -0.481 e. The number of aliphatic carboxylic acids is 1. The predicted octanol–water partition coefficient (Wildman–Crippen LogP) is 2.74. The number of nitrogens with zero attached hydrogens (tertiary/aromatic N) is 2. The fraction of sp³-hybridized carbons (Fsp3) is 0.500. The van der Waals surface area contributed by atoms with Crippen molar-refractivity contribution in [3.05, 3.63) is 29.8 Å². The zero-order chi connectivity index (χ0) is 15.4. The molecule has 0 atom stereocenters. The standard InChI is InChI=1S/C16H22N2O3/c1-12(2)17-10-11-18(16(17)21)14-8-6-13(7-9-14)4-3-5-15(19)20/h6-9,12H,3-5,10-11H2,1-2H3,(H,19,20). The van der Waals surface area contributed by atoms with Crippen LogP contribution < -0.4 is 4.90 Å². The molecule has 5 heteroatoms. The van der Waals surface area contributed by atoms with Crippen LogP contribution in [0.4, 0.5) is 10.5 Å². The van der Waals surface area contributed by atoms with E-state index in [2.05, 4.69) is 0 Å². The lowest BCUT2D eigenvalue weighted by Gasteiger charge is -2.21. The van der Waals surface area contributed by atoms with Crippen LogP contribution >= 0.6 is 0 Å². The van der Waals surface area contributed by atoms with E-state index in [0.29, 0.717) is 6.42 Å². The number of anilines is 1. The summed E-state index contributed by atoms with van der Waals surface area (Å²) in [5.41, 5.74) is 2.01. The third kappa shape index (κ3) is 3.74. The van der Waals surface area contributed by atoms with Gasteiger partial charge in [-0.05, 0) is 44.4 Å². The van der Waals surface area contributed by atoms with E-state index < -0.39 is 5.97 Å². The second-order valence-electron chi connectivity index (χ2n) is 5.64. The molecule has 2 amide bonds. The Kier molecular flexibility index (Phi) is 4.83. The highest BCUT2D eigenvalue weighted by Gasteiger charge is 2.30. The van der Waals surface area contributed by atoms with Crippen LogP contribution in [0.5, 0.6) is 0 Å². The molecular formula is C16H22N2O3. The summed E-state index contributed by atoms with van der Waals surface area (Å²) in [4.78, 5) is 26.4. The molecule has 1 aliphatic heterocycles. The summed E-state index contributed by atoms with van der Waals surface area (Å²) in [7, 11) is 0. The monoisotopic (exact) mass is 290 g/mol. The summed E-state index contributed by atoms with van der Waals surface area (Å²) in [6.45, 7) is 5.52. The van der Waals surface area contributed by atoms with Gasteiger partial charge in [0, 0.05) is 31.2 Å². The van der Waals surface area contributed by atoms with Gasteiger partial charge in [-0.2, -0.15) is 0 Å². The Morgan fingerprint density at radius 2 is 1.90 bits per heavy atom. The Balaban J connectivity index is 1.96. The van der Waals surface area contributed by atoms with E-state index in [4.69, 9.17) is 5.11 Å². The summed E-state index contributed by atoms with van der Waals surface area (Å²) in [5, 5.41) is 8.63. The summed E-state index contributed by atoms with van der Waals surface area (Å²) >= 11 is 0. The van der Waals surface area contributed by atoms with Crippen molar-refractivity contribution in [1.82, 2.24) is 4.90 Å². The summed E-state index contributed by atoms with van der Waals surface area (Å²) in [6, 6.07) is 8.11. The molecule has 2 rings (SSSR count). The second kappa shape index (κ2) is 6.61. The number of aryl methyl sites for hydroxylation is 1. The van der Waals surface area contributed by atoms with E-state index >= 15 is 0 Å². The normalized spacial score (nSPS) is 15.1. The van der Waals surface area contributed by atoms with Crippen LogP contribution in [0.3, 0.4) is 0 Å². The molecule has 21 heavy (non-hydrogen) atoms. The molecule has 0 saturated carbocycles. The number of hydrogen-bond donors (Lipinski definition) is 1. The lowest BCUT2D eigenvalue weighted by Crippen LogP contribution is -2.36. The van der Waals surface area contributed by atoms with Crippen LogP contribution in [-0.4, -0.2) is 41.1 Å². The fourth-order valence-corrected chi connectivity index (χ4v) is 2.56. The van der Waals surface area contributed by atoms with Gasteiger partial charge in [0.15, 0.2) is 0 Å². The SMILES string of the molecule is CC(C)N1CCN(c2ccc(CCCC(=O)O)cc2)C1=O. The van der Waals surface area contributed by atoms with Gasteiger partial charge >= 0.3 is 12.0 Å². The van der Waals surface area contributed by atoms with Gasteiger partial charge in [0.2, 0.25) is 0 Å². The smallest absolute Gasteiger partial charge is 0.324 e. The van der Waals surface area contributed by atoms with E-state index in [9.17, 15) is 9.59 Å². The van der Waals surface area contributed by atoms with Crippen LogP contribution in [-0.2, 0) is 11.2 Å². The lowest BCUT2D eigenvalue weighted by atomic mass is 10.1. The number of carbonyl (C=O) groups is 2. The topological polar surface area (TPSA) is 60.9 Å². The maximum Gasteiger partial charge on any atom is 0.324 e. The Morgan fingerprint density at radius 3 is 2.43 bits per heavy atom. The predicted molar refractivity (Wildman–Crippen MR) is 81.6 cm³/mol. The van der Waals surface area contributed by atoms with E-state index in [1.165, 1.54) is 0 Å². The average Bonchev–Trinajstić information content (AvgIpc) is 2.81. The van der Waals surface area contributed by atoms with Gasteiger partial charge < -0.3 is 10.0 Å². The molecule has 1 aliphatic rings. The van der Waals surface area contributed by atoms with Crippen molar-refractivity contribution in [1.29, 1.82) is 0 Å². The molecule has 0 spiro atoms. The quantitative estimate of drug-likeness (QED) is 0.876. The molecule has 114 valence electrons. The summed E-state index contributed by atoms with van der Waals surface area (Å²) in [6.07, 6.45) is 1.58. The highest BCUT2D eigenvalue weighted by atomic mass is 16.4. The van der Waals surface area contributed by atoms with Crippen molar-refractivity contribution in [3.8, 4) is 0 Å². The molecule has 1 heterocycles. The van der Waals surface area contributed by atoms with Crippen molar-refractivity contribution >= 4 is 17.7 Å². The maximum atomic E-state index is 12.3. The third-order valence-corrected chi connectivity index (χ3v) is 3.77. The molecule has 1 aromatic carbocycles. The number of benzene rings is 1. The Hall–Kier alpha value is -2.04. The van der Waals surface area contributed by atoms with Crippen LogP contribution in [0.1, 0.15) is 32.3 Å². The third-order valence-electron chi connectivity index (χ3n) is 3.77. The molecule has 1 aromatic rings. The number of urea groups is 1. The molecular weight excluding hydrogens is 268 g/mol. The van der Waals surface area contributed by atoms with Gasteiger partial charge in [0.05, 0.1) is 0 Å². The van der Waals surface area contributed by atoms with Gasteiger partial charge in [-0.3, -0.25) is 9.69 Å². The molecule has 0 radical (unpaired) electrons. The van der Waals surface area contributed by atoms with Gasteiger partial charge in [0.25, 0.3) is 0 Å². The van der Waals surface area contributed by atoms with Crippen LogP contribution in [0.25, 0.3) is 0 Å². The first-order chi connectivity index (χ1) is 9.99. The number of carboxylic acid groups (broad SMARTS) is 1. The fourth-order valence-electron chi connectivity index (χ4n) is 2.56. The van der Waals surface area contributed by atoms with Crippen LogP contribution in [0.2, 0.25) is 0 Å². The van der Waals surface area contributed by atoms with Crippen molar-refractivity contribution in [2.45, 2.75) is 39.2 Å². The molecule has 1 fully saturated rings. The van der Waals surface area contributed by atoms with Crippen molar-refractivity contribution in [3.63, 3.8) is 0 Å². The Bertz CT molecular complexity index is 511. The van der Waals surface area contributed by atoms with Gasteiger partial charge in [-0.1, -0.05) is 12.1 Å². The van der Waals surface area contributed by atoms with E-state index in [0.717, 1.165) is 30.8 Å². The largest absolute Gasteiger partial charge is 0.481 e. The first-order valence-electron chi connectivity index (χ1n) is 7.38. The second-order valence-corrected chi connectivity index (χ2v) is 5.64. The summed E-state index contributed by atoms with van der Waals surface area (Å²) in [5.74, 6) is -0.761. The molecule has 1 saturated heterocycles. The highest BCUT2D eigenvalue weighted by molar-refractivity contribution is 5.94. The summed E-state index contributed by atoms with van der Waals surface area (Å²) < 4.78 is 0. The van der Waals surface area contributed by atoms with E-state index in [1.54, 1.807) is 4.90 Å². The molecule has 5 nitrogen and oxygen atoms in total. The van der Waals surface area contributed by atoms with Gasteiger partial charge in [-0.25, -0.2) is 4.79 Å². The van der Waals surface area contributed by atoms with Crippen molar-refractivity contribution in [2.75, 3.05) is 18.0 Å². The van der Waals surface area contributed by atoms with Crippen molar-refractivity contribution < 1.29 is 14.7 Å². The molecule has 0 unspecified atom stereocenters. The first kappa shape index (κ1) is 15.4. The van der Waals surface area contributed by atoms with E-state index in [-0.39, 0.29) is 18.5 Å². The minimum absolute atomic E-state index is 0.0589. The van der Waals surface area contributed by atoms with Crippen LogP contribution in [0, 0.1) is 0 Å². The van der Waals surface area contributed by atoms with Crippen molar-refractivity contribution in [2.24, 2.45) is 0 Å². The number of carbonyl (C=O) groups excluding carboxylic acids is 1. The maximum absolute atomic E-state index is 12.3. The number of carboxylic acids is 1. The number of rotatable bonds is 6. The highest BCUT2D eigenvalue weighted by Crippen LogP contribution is 2.22. The van der Waals surface area contributed by atoms with Crippen LogP contribution in [0.15, 0.2) is 24.3 Å². The molecule has 0 aromatic heterocycles. The molecule has 0 aliphatic carbocycles. The Labute approximate surface area is 125 Å².